The van der Waals surface area contributed by atoms with E-state index in [2.05, 4.69) is 14.9 Å². The van der Waals surface area contributed by atoms with E-state index in [1.807, 2.05) is 11.8 Å². The number of hydrogen-bond donors (Lipinski definition) is 0. The van der Waals surface area contributed by atoms with Crippen molar-refractivity contribution in [2.45, 2.75) is 64.8 Å². The molecule has 0 N–H and O–H groups in total. The Labute approximate surface area is 161 Å². The van der Waals surface area contributed by atoms with Gasteiger partial charge in [-0.3, -0.25) is 19.6 Å². The number of nitrogens with zero attached hydrogens (tertiary/aromatic N) is 4. The van der Waals surface area contributed by atoms with Crippen LogP contribution in [0.4, 0.5) is 0 Å². The quantitative estimate of drug-likeness (QED) is 0.799. The maximum Gasteiger partial charge on any atom is 0.222 e. The standard InChI is InChI=1S/C21H30N4O2/c1-16-11-23-18(12-22-16)13-25-15-21(9-7-20(25)27)8-2-10-24(14-21)19(26)6-5-17-3-4-17/h11-12,17H,2-10,13-15H2,1H3/t21-/m1/s1. The predicted octanol–water partition coefficient (Wildman–Crippen LogP) is 2.71. The zero-order valence-electron chi connectivity index (χ0n) is 16.3. The number of aryl methyl sites for hydroxylation is 1. The van der Waals surface area contributed by atoms with Crippen LogP contribution in [0.1, 0.15) is 62.8 Å². The monoisotopic (exact) mass is 370 g/mol. The summed E-state index contributed by atoms with van der Waals surface area (Å²) in [5.74, 6) is 1.31. The fourth-order valence-corrected chi connectivity index (χ4v) is 4.59. The Morgan fingerprint density at radius 3 is 2.81 bits per heavy atom. The minimum absolute atomic E-state index is 0.0551. The highest BCUT2D eigenvalue weighted by molar-refractivity contribution is 5.78. The molecule has 4 rings (SSSR count). The maximum absolute atomic E-state index is 12.7. The topological polar surface area (TPSA) is 66.4 Å². The average molecular weight is 370 g/mol. The highest BCUT2D eigenvalue weighted by atomic mass is 16.2. The molecule has 0 bridgehead atoms. The van der Waals surface area contributed by atoms with Crippen molar-refractivity contribution in [2.75, 3.05) is 19.6 Å². The SMILES string of the molecule is Cc1cnc(CN2C[C@]3(CCCN(C(=O)CCC4CC4)C3)CCC2=O)cn1. The largest absolute Gasteiger partial charge is 0.342 e. The van der Waals surface area contributed by atoms with Crippen LogP contribution in [0.2, 0.25) is 0 Å². The number of amides is 2. The van der Waals surface area contributed by atoms with Crippen molar-refractivity contribution in [2.24, 2.45) is 11.3 Å². The average Bonchev–Trinajstić information content (AvgIpc) is 3.49. The van der Waals surface area contributed by atoms with Crippen molar-refractivity contribution in [3.8, 4) is 0 Å². The van der Waals surface area contributed by atoms with Crippen LogP contribution in [0.5, 0.6) is 0 Å². The second kappa shape index (κ2) is 7.56. The number of rotatable bonds is 5. The second-order valence-corrected chi connectivity index (χ2v) is 8.80. The zero-order chi connectivity index (χ0) is 18.9. The van der Waals surface area contributed by atoms with Crippen LogP contribution in [-0.2, 0) is 16.1 Å². The molecule has 2 aliphatic heterocycles. The van der Waals surface area contributed by atoms with Crippen LogP contribution < -0.4 is 0 Å². The summed E-state index contributed by atoms with van der Waals surface area (Å²) in [6, 6.07) is 0. The van der Waals surface area contributed by atoms with Crippen LogP contribution in [-0.4, -0.2) is 51.2 Å². The van der Waals surface area contributed by atoms with Gasteiger partial charge in [-0.15, -0.1) is 0 Å². The van der Waals surface area contributed by atoms with Gasteiger partial charge in [0.1, 0.15) is 0 Å². The van der Waals surface area contributed by atoms with Crippen molar-refractivity contribution in [1.29, 1.82) is 0 Å². The lowest BCUT2D eigenvalue weighted by Gasteiger charge is -2.48. The molecule has 6 nitrogen and oxygen atoms in total. The Hall–Kier alpha value is -1.98. The van der Waals surface area contributed by atoms with Crippen LogP contribution in [0.3, 0.4) is 0 Å². The third-order valence-electron chi connectivity index (χ3n) is 6.41. The van der Waals surface area contributed by atoms with Crippen molar-refractivity contribution in [3.05, 3.63) is 23.8 Å². The predicted molar refractivity (Wildman–Crippen MR) is 102 cm³/mol. The first-order valence-electron chi connectivity index (χ1n) is 10.4. The Morgan fingerprint density at radius 1 is 1.22 bits per heavy atom. The molecule has 146 valence electrons. The Kier molecular flexibility index (Phi) is 5.15. The van der Waals surface area contributed by atoms with E-state index >= 15 is 0 Å². The number of hydrogen-bond acceptors (Lipinski definition) is 4. The van der Waals surface area contributed by atoms with E-state index in [0.29, 0.717) is 25.3 Å². The number of carbonyl (C=O) groups is 2. The second-order valence-electron chi connectivity index (χ2n) is 8.80. The third-order valence-corrected chi connectivity index (χ3v) is 6.41. The molecule has 0 unspecified atom stereocenters. The smallest absolute Gasteiger partial charge is 0.222 e. The Morgan fingerprint density at radius 2 is 2.07 bits per heavy atom. The van der Waals surface area contributed by atoms with Crippen LogP contribution in [0, 0.1) is 18.3 Å². The van der Waals surface area contributed by atoms with E-state index in [-0.39, 0.29) is 11.3 Å². The van der Waals surface area contributed by atoms with Gasteiger partial charge in [0, 0.05) is 44.1 Å². The van der Waals surface area contributed by atoms with Gasteiger partial charge < -0.3 is 9.80 Å². The van der Waals surface area contributed by atoms with Crippen molar-refractivity contribution >= 4 is 11.8 Å². The molecular weight excluding hydrogens is 340 g/mol. The molecule has 1 aromatic rings. The molecule has 1 spiro atoms. The molecule has 6 heteroatoms. The van der Waals surface area contributed by atoms with Crippen LogP contribution in [0.15, 0.2) is 12.4 Å². The third kappa shape index (κ3) is 4.47. The molecule has 3 fully saturated rings. The summed E-state index contributed by atoms with van der Waals surface area (Å²) in [6.45, 7) is 4.84. The normalized spacial score (nSPS) is 25.9. The van der Waals surface area contributed by atoms with Crippen molar-refractivity contribution in [3.63, 3.8) is 0 Å². The number of likely N-dealkylation sites (tertiary alicyclic amines) is 2. The lowest BCUT2D eigenvalue weighted by Crippen LogP contribution is -2.54. The number of piperidine rings is 2. The van der Waals surface area contributed by atoms with Crippen molar-refractivity contribution in [1.82, 2.24) is 19.8 Å². The molecule has 0 aromatic carbocycles. The van der Waals surface area contributed by atoms with E-state index < -0.39 is 0 Å². The van der Waals surface area contributed by atoms with E-state index in [4.69, 9.17) is 0 Å². The maximum atomic E-state index is 12.7. The highest BCUT2D eigenvalue weighted by Crippen LogP contribution is 2.40. The van der Waals surface area contributed by atoms with Gasteiger partial charge in [-0.25, -0.2) is 0 Å². The van der Waals surface area contributed by atoms with Crippen LogP contribution >= 0.6 is 0 Å². The molecule has 3 heterocycles. The van der Waals surface area contributed by atoms with Gasteiger partial charge in [-0.1, -0.05) is 12.8 Å². The lowest BCUT2D eigenvalue weighted by atomic mass is 9.73. The molecular formula is C21H30N4O2. The van der Waals surface area contributed by atoms with Gasteiger partial charge in [0.15, 0.2) is 0 Å². The van der Waals surface area contributed by atoms with E-state index in [1.165, 1.54) is 12.8 Å². The summed E-state index contributed by atoms with van der Waals surface area (Å²) in [5.41, 5.74) is 1.77. The van der Waals surface area contributed by atoms with E-state index in [1.54, 1.807) is 12.4 Å². The first kappa shape index (κ1) is 18.4. The molecule has 1 atom stereocenters. The first-order valence-corrected chi connectivity index (χ1v) is 10.4. The summed E-state index contributed by atoms with van der Waals surface area (Å²) >= 11 is 0. The molecule has 1 aromatic heterocycles. The molecule has 1 aliphatic carbocycles. The molecule has 2 saturated heterocycles. The fourth-order valence-electron chi connectivity index (χ4n) is 4.59. The molecule has 0 radical (unpaired) electrons. The van der Waals surface area contributed by atoms with Gasteiger partial charge in [0.25, 0.3) is 0 Å². The van der Waals surface area contributed by atoms with E-state index in [9.17, 15) is 9.59 Å². The molecule has 3 aliphatic rings. The number of carbonyl (C=O) groups excluding carboxylic acids is 2. The van der Waals surface area contributed by atoms with Crippen molar-refractivity contribution < 1.29 is 9.59 Å². The summed E-state index contributed by atoms with van der Waals surface area (Å²) in [5, 5.41) is 0. The Balaban J connectivity index is 1.39. The van der Waals surface area contributed by atoms with Gasteiger partial charge in [-0.05, 0) is 38.5 Å². The van der Waals surface area contributed by atoms with Gasteiger partial charge >= 0.3 is 0 Å². The summed E-state index contributed by atoms with van der Waals surface area (Å²) in [4.78, 5) is 37.9. The highest BCUT2D eigenvalue weighted by Gasteiger charge is 2.42. The van der Waals surface area contributed by atoms with Crippen LogP contribution in [0.25, 0.3) is 0 Å². The zero-order valence-corrected chi connectivity index (χ0v) is 16.3. The van der Waals surface area contributed by atoms with Gasteiger partial charge in [0.05, 0.1) is 24.1 Å². The first-order chi connectivity index (χ1) is 13.0. The minimum atomic E-state index is 0.0551. The molecule has 27 heavy (non-hydrogen) atoms. The lowest BCUT2D eigenvalue weighted by molar-refractivity contribution is -0.143. The van der Waals surface area contributed by atoms with E-state index in [0.717, 1.165) is 62.6 Å². The Bertz CT molecular complexity index is 701. The van der Waals surface area contributed by atoms with Gasteiger partial charge in [0.2, 0.25) is 11.8 Å². The summed E-state index contributed by atoms with van der Waals surface area (Å²) < 4.78 is 0. The molecule has 2 amide bonds. The summed E-state index contributed by atoms with van der Waals surface area (Å²) in [6.07, 6.45) is 11.5. The fraction of sp³-hybridized carbons (Fsp3) is 0.714. The summed E-state index contributed by atoms with van der Waals surface area (Å²) in [7, 11) is 0. The molecule has 1 saturated carbocycles. The van der Waals surface area contributed by atoms with Gasteiger partial charge in [-0.2, -0.15) is 0 Å². The number of aromatic nitrogens is 2. The minimum Gasteiger partial charge on any atom is -0.342 e.